The Morgan fingerprint density at radius 3 is 2.05 bits per heavy atom. The van der Waals surface area contributed by atoms with Crippen LogP contribution in [0.4, 0.5) is 0 Å². The molecule has 0 atom stereocenters. The average Bonchev–Trinajstić information content (AvgIpc) is 3.43. The molecule has 1 aliphatic rings. The van der Waals surface area contributed by atoms with Crippen LogP contribution in [0.5, 0.6) is 0 Å². The Balaban J connectivity index is 1.39. The van der Waals surface area contributed by atoms with E-state index in [1.54, 1.807) is 0 Å². The van der Waals surface area contributed by atoms with Crippen molar-refractivity contribution >= 4 is 38.6 Å². The summed E-state index contributed by atoms with van der Waals surface area (Å²) in [6.07, 6.45) is 9.01. The van der Waals surface area contributed by atoms with Gasteiger partial charge in [-0.1, -0.05) is 127 Å². The number of aromatic nitrogens is 2. The molecular weight excluding hydrogens is 496 g/mol. The molecule has 2 heteroatoms. The minimum Gasteiger partial charge on any atom is -0.298 e. The van der Waals surface area contributed by atoms with E-state index in [2.05, 4.69) is 150 Å². The Morgan fingerprint density at radius 2 is 1.24 bits per heavy atom. The van der Waals surface area contributed by atoms with Crippen LogP contribution in [0.25, 0.3) is 60.9 Å². The lowest BCUT2D eigenvalue weighted by atomic mass is 9.88. The van der Waals surface area contributed by atoms with Crippen LogP contribution < -0.4 is 0 Å². The maximum Gasteiger partial charge on any atom is 0.145 e. The Kier molecular flexibility index (Phi) is 5.63. The number of benzene rings is 5. The number of imidazole rings is 1. The van der Waals surface area contributed by atoms with Gasteiger partial charge < -0.3 is 0 Å². The number of hydrogen-bond acceptors (Lipinski definition) is 1. The standard InChI is InChI=1S/C39H28N2/c1-3-13-27(14-4-1)30-17-7-8-19-32(30)29-23-24-37-38(25-29)41-26-36(34-21-11-12-22-35(34)39(41)40-37)33-20-10-9-18-31(33)28-15-5-2-6-16-28/h1-6,8-16,18-26H,7,17H2. The fourth-order valence-corrected chi connectivity index (χ4v) is 6.37. The molecule has 2 aromatic heterocycles. The van der Waals surface area contributed by atoms with Crippen LogP contribution in [0.1, 0.15) is 24.0 Å². The molecule has 0 amide bonds. The van der Waals surface area contributed by atoms with Crippen LogP contribution in [0, 0.1) is 0 Å². The third kappa shape index (κ3) is 3.99. The molecule has 0 radical (unpaired) electrons. The number of fused-ring (bicyclic) bond motifs is 5. The van der Waals surface area contributed by atoms with E-state index in [-0.39, 0.29) is 0 Å². The zero-order valence-corrected chi connectivity index (χ0v) is 22.7. The molecular formula is C39H28N2. The molecule has 5 aromatic carbocycles. The second-order valence-electron chi connectivity index (χ2n) is 10.7. The van der Waals surface area contributed by atoms with Crippen LogP contribution in [-0.4, -0.2) is 9.38 Å². The zero-order valence-electron chi connectivity index (χ0n) is 22.7. The smallest absolute Gasteiger partial charge is 0.145 e. The fourth-order valence-electron chi connectivity index (χ4n) is 6.37. The fraction of sp³-hybridized carbons (Fsp3) is 0.0513. The van der Waals surface area contributed by atoms with Gasteiger partial charge in [0.05, 0.1) is 11.0 Å². The molecule has 194 valence electrons. The molecule has 0 unspecified atom stereocenters. The normalized spacial score (nSPS) is 13.5. The van der Waals surface area contributed by atoms with Gasteiger partial charge in [0.1, 0.15) is 5.65 Å². The van der Waals surface area contributed by atoms with Crippen molar-refractivity contribution in [3.8, 4) is 22.3 Å². The number of pyridine rings is 1. The summed E-state index contributed by atoms with van der Waals surface area (Å²) >= 11 is 0. The number of allylic oxidation sites excluding steroid dienone is 4. The summed E-state index contributed by atoms with van der Waals surface area (Å²) in [7, 11) is 0. The molecule has 0 bridgehead atoms. The topological polar surface area (TPSA) is 17.3 Å². The van der Waals surface area contributed by atoms with Crippen molar-refractivity contribution in [3.05, 3.63) is 157 Å². The maximum atomic E-state index is 5.15. The highest BCUT2D eigenvalue weighted by Gasteiger charge is 2.18. The second kappa shape index (κ2) is 9.76. The molecule has 0 spiro atoms. The van der Waals surface area contributed by atoms with Crippen LogP contribution >= 0.6 is 0 Å². The van der Waals surface area contributed by atoms with Crippen molar-refractivity contribution in [2.75, 3.05) is 0 Å². The SMILES string of the molecule is C1=CC(c2ccc3nc4c5ccccc5c(-c5ccccc5-c5ccccc5)cn4c3c2)=C(c2ccccc2)CC1. The second-order valence-corrected chi connectivity index (χ2v) is 10.7. The van der Waals surface area contributed by atoms with E-state index >= 15 is 0 Å². The van der Waals surface area contributed by atoms with Gasteiger partial charge in [0, 0.05) is 17.1 Å². The van der Waals surface area contributed by atoms with E-state index in [0.29, 0.717) is 0 Å². The van der Waals surface area contributed by atoms with Gasteiger partial charge in [-0.2, -0.15) is 0 Å². The van der Waals surface area contributed by atoms with Crippen LogP contribution in [0.2, 0.25) is 0 Å². The lowest BCUT2D eigenvalue weighted by Gasteiger charge is -2.17. The molecule has 0 aliphatic heterocycles. The van der Waals surface area contributed by atoms with E-state index in [4.69, 9.17) is 4.98 Å². The van der Waals surface area contributed by atoms with Crippen molar-refractivity contribution in [1.82, 2.24) is 9.38 Å². The van der Waals surface area contributed by atoms with Crippen molar-refractivity contribution in [1.29, 1.82) is 0 Å². The van der Waals surface area contributed by atoms with Crippen LogP contribution in [0.15, 0.2) is 146 Å². The van der Waals surface area contributed by atoms with Gasteiger partial charge in [-0.3, -0.25) is 4.40 Å². The average molecular weight is 525 g/mol. The molecule has 7 aromatic rings. The summed E-state index contributed by atoms with van der Waals surface area (Å²) < 4.78 is 2.30. The maximum absolute atomic E-state index is 5.15. The molecule has 0 N–H and O–H groups in total. The lowest BCUT2D eigenvalue weighted by molar-refractivity contribution is 1.06. The summed E-state index contributed by atoms with van der Waals surface area (Å²) in [6.45, 7) is 0. The predicted molar refractivity (Wildman–Crippen MR) is 173 cm³/mol. The summed E-state index contributed by atoms with van der Waals surface area (Å²) in [5.41, 5.74) is 13.2. The van der Waals surface area contributed by atoms with Crippen molar-refractivity contribution in [2.24, 2.45) is 0 Å². The number of hydrogen-bond donors (Lipinski definition) is 0. The Morgan fingerprint density at radius 1 is 0.561 bits per heavy atom. The van der Waals surface area contributed by atoms with E-state index in [1.165, 1.54) is 49.9 Å². The van der Waals surface area contributed by atoms with Gasteiger partial charge in [0.2, 0.25) is 0 Å². The van der Waals surface area contributed by atoms with E-state index in [1.807, 2.05) is 0 Å². The molecule has 1 aliphatic carbocycles. The largest absolute Gasteiger partial charge is 0.298 e. The minimum atomic E-state index is 0.991. The first-order valence-corrected chi connectivity index (χ1v) is 14.3. The summed E-state index contributed by atoms with van der Waals surface area (Å²) in [6, 6.07) is 45.6. The molecule has 0 saturated heterocycles. The molecule has 0 saturated carbocycles. The highest BCUT2D eigenvalue weighted by Crippen LogP contribution is 2.39. The molecule has 2 heterocycles. The van der Waals surface area contributed by atoms with Gasteiger partial charge in [-0.25, -0.2) is 4.98 Å². The highest BCUT2D eigenvalue weighted by molar-refractivity contribution is 6.08. The molecule has 0 fully saturated rings. The minimum absolute atomic E-state index is 0.991. The van der Waals surface area contributed by atoms with Gasteiger partial charge in [-0.05, 0) is 69.3 Å². The van der Waals surface area contributed by atoms with E-state index < -0.39 is 0 Å². The first-order valence-electron chi connectivity index (χ1n) is 14.3. The number of nitrogens with zero attached hydrogens (tertiary/aromatic N) is 2. The van der Waals surface area contributed by atoms with Gasteiger partial charge in [0.25, 0.3) is 0 Å². The van der Waals surface area contributed by atoms with Gasteiger partial charge >= 0.3 is 0 Å². The molecule has 41 heavy (non-hydrogen) atoms. The Labute approximate surface area is 239 Å². The Bertz CT molecular complexity index is 2130. The zero-order chi connectivity index (χ0) is 27.2. The quantitative estimate of drug-likeness (QED) is 0.224. The van der Waals surface area contributed by atoms with Crippen LogP contribution in [0.3, 0.4) is 0 Å². The van der Waals surface area contributed by atoms with Crippen molar-refractivity contribution < 1.29 is 0 Å². The third-order valence-corrected chi connectivity index (χ3v) is 8.31. The lowest BCUT2D eigenvalue weighted by Crippen LogP contribution is -1.96. The molecule has 2 nitrogen and oxygen atoms in total. The first-order chi connectivity index (χ1) is 20.3. The predicted octanol–water partition coefficient (Wildman–Crippen LogP) is 10.2. The third-order valence-electron chi connectivity index (χ3n) is 8.31. The highest BCUT2D eigenvalue weighted by atomic mass is 15.0. The van der Waals surface area contributed by atoms with Crippen LogP contribution in [-0.2, 0) is 0 Å². The van der Waals surface area contributed by atoms with E-state index in [9.17, 15) is 0 Å². The van der Waals surface area contributed by atoms with E-state index in [0.717, 1.165) is 34.9 Å². The van der Waals surface area contributed by atoms with Gasteiger partial charge in [-0.15, -0.1) is 0 Å². The van der Waals surface area contributed by atoms with Gasteiger partial charge in [0.15, 0.2) is 0 Å². The first kappa shape index (κ1) is 23.7. The summed E-state index contributed by atoms with van der Waals surface area (Å²) in [4.78, 5) is 5.15. The van der Waals surface area contributed by atoms with Crippen molar-refractivity contribution in [2.45, 2.75) is 12.8 Å². The number of rotatable bonds is 4. The van der Waals surface area contributed by atoms with Crippen molar-refractivity contribution in [3.63, 3.8) is 0 Å². The Hall–Kier alpha value is -5.21. The molecule has 8 rings (SSSR count). The summed E-state index contributed by atoms with van der Waals surface area (Å²) in [5.74, 6) is 0. The monoisotopic (exact) mass is 524 g/mol. The summed E-state index contributed by atoms with van der Waals surface area (Å²) in [5, 5.41) is 2.37.